The van der Waals surface area contributed by atoms with E-state index in [4.69, 9.17) is 9.47 Å². The molecule has 0 spiro atoms. The Kier molecular flexibility index (Phi) is 22.1. The summed E-state index contributed by atoms with van der Waals surface area (Å²) in [5, 5.41) is 12.7. The smallest absolute Gasteiger partial charge is 0.245 e. The summed E-state index contributed by atoms with van der Waals surface area (Å²) in [6.07, 6.45) is 1.39. The zero-order chi connectivity index (χ0) is 49.5. The molecule has 4 N–H and O–H groups in total. The monoisotopic (exact) mass is 920 g/mol. The van der Waals surface area contributed by atoms with Crippen LogP contribution >= 0.6 is 0 Å². The maximum Gasteiger partial charge on any atom is 0.245 e. The number of carbonyl (C=O) groups is 5. The van der Waals surface area contributed by atoms with Gasteiger partial charge in [-0.05, 0) is 95.1 Å². The van der Waals surface area contributed by atoms with Crippen LogP contribution in [0.4, 0.5) is 5.69 Å². The van der Waals surface area contributed by atoms with Gasteiger partial charge >= 0.3 is 0 Å². The molecule has 0 aliphatic carbocycles. The number of methoxy groups -OCH3 is 2. The molecule has 1 aliphatic heterocycles. The Morgan fingerprint density at radius 2 is 1.44 bits per heavy atom. The Labute approximate surface area is 397 Å². The van der Waals surface area contributed by atoms with E-state index in [1.54, 1.807) is 26.2 Å². The number of hydrogen-bond donors (Lipinski definition) is 4. The van der Waals surface area contributed by atoms with Gasteiger partial charge in [0.05, 0.1) is 42.7 Å². The lowest BCUT2D eigenvalue weighted by molar-refractivity contribution is -0.148. The van der Waals surface area contributed by atoms with E-state index in [2.05, 4.69) is 42.0 Å². The summed E-state index contributed by atoms with van der Waals surface area (Å²) in [6.45, 7) is 20.9. The second-order valence-electron chi connectivity index (χ2n) is 20.4. The molecule has 370 valence electrons. The third-order valence-corrected chi connectivity index (χ3v) is 13.0. The molecule has 0 aromatic heterocycles. The molecule has 0 radical (unpaired) electrons. The van der Waals surface area contributed by atoms with Crippen molar-refractivity contribution in [2.45, 2.75) is 162 Å². The number of nitrogens with zero attached hydrogens (tertiary/aromatic N) is 3. The topological polar surface area (TPSA) is 162 Å². The van der Waals surface area contributed by atoms with Gasteiger partial charge in [-0.25, -0.2) is 0 Å². The first-order valence-corrected chi connectivity index (χ1v) is 24.1. The van der Waals surface area contributed by atoms with Crippen LogP contribution in [-0.2, 0) is 46.4 Å². The van der Waals surface area contributed by atoms with Crippen LogP contribution in [-0.4, -0.2) is 134 Å². The molecular formula is C52H85N7O7. The van der Waals surface area contributed by atoms with Gasteiger partial charge in [0.15, 0.2) is 0 Å². The van der Waals surface area contributed by atoms with Gasteiger partial charge in [-0.2, -0.15) is 0 Å². The Morgan fingerprint density at radius 1 is 0.803 bits per heavy atom. The molecular weight excluding hydrogens is 835 g/mol. The van der Waals surface area contributed by atoms with Crippen LogP contribution in [0.15, 0.2) is 54.6 Å². The van der Waals surface area contributed by atoms with E-state index in [1.807, 2.05) is 127 Å². The summed E-state index contributed by atoms with van der Waals surface area (Å²) < 4.78 is 12.2. The normalized spacial score (nSPS) is 17.9. The molecule has 0 bridgehead atoms. The number of carbonyl (C=O) groups excluding carboxylic acids is 5. The molecule has 0 saturated carbocycles. The minimum Gasteiger partial charge on any atom is -0.380 e. The molecule has 14 nitrogen and oxygen atoms in total. The molecule has 14 heteroatoms. The fraction of sp³-hybridized carbons (Fsp3) is 0.673. The highest BCUT2D eigenvalue weighted by Crippen LogP contribution is 2.30. The Hall–Kier alpha value is -4.53. The predicted molar refractivity (Wildman–Crippen MR) is 264 cm³/mol. The van der Waals surface area contributed by atoms with Gasteiger partial charge < -0.3 is 40.5 Å². The first kappa shape index (κ1) is 55.8. The minimum absolute atomic E-state index is 0.0115. The van der Waals surface area contributed by atoms with Crippen molar-refractivity contribution in [1.29, 1.82) is 0 Å². The van der Waals surface area contributed by atoms with Crippen LogP contribution in [0.3, 0.4) is 0 Å². The van der Waals surface area contributed by atoms with Crippen LogP contribution < -0.4 is 21.3 Å². The number of hydrogen-bond acceptors (Lipinski definition) is 9. The number of nitrogens with one attached hydrogen (secondary N) is 4. The van der Waals surface area contributed by atoms with Gasteiger partial charge in [-0.1, -0.05) is 97.4 Å². The molecule has 1 heterocycles. The molecule has 1 fully saturated rings. The number of benzene rings is 2. The Bertz CT molecular complexity index is 1830. The van der Waals surface area contributed by atoms with Gasteiger partial charge in [0.1, 0.15) is 6.04 Å². The van der Waals surface area contributed by atoms with Crippen molar-refractivity contribution in [1.82, 2.24) is 30.7 Å². The highest BCUT2D eigenvalue weighted by molar-refractivity contribution is 5.90. The van der Waals surface area contributed by atoms with Crippen LogP contribution in [0.5, 0.6) is 0 Å². The van der Waals surface area contributed by atoms with Crippen LogP contribution in [0.1, 0.15) is 112 Å². The number of anilines is 1. The zero-order valence-corrected chi connectivity index (χ0v) is 42.9. The van der Waals surface area contributed by atoms with Crippen LogP contribution in [0.2, 0.25) is 0 Å². The van der Waals surface area contributed by atoms with Gasteiger partial charge in [0.2, 0.25) is 29.5 Å². The highest BCUT2D eigenvalue weighted by Gasteiger charge is 2.43. The molecule has 9 atom stereocenters. The Balaban J connectivity index is 1.76. The third kappa shape index (κ3) is 16.4. The van der Waals surface area contributed by atoms with E-state index in [0.29, 0.717) is 25.9 Å². The Morgan fingerprint density at radius 3 is 1.97 bits per heavy atom. The first-order chi connectivity index (χ1) is 31.0. The van der Waals surface area contributed by atoms with Crippen molar-refractivity contribution < 1.29 is 33.4 Å². The number of amides is 5. The maximum absolute atomic E-state index is 14.5. The highest BCUT2D eigenvalue weighted by atomic mass is 16.5. The van der Waals surface area contributed by atoms with Crippen LogP contribution in [0.25, 0.3) is 0 Å². The largest absolute Gasteiger partial charge is 0.380 e. The van der Waals surface area contributed by atoms with E-state index < -0.39 is 42.3 Å². The number of likely N-dealkylation sites (N-methyl/N-ethyl adjacent to an activating group) is 2. The average Bonchev–Trinajstić information content (AvgIpc) is 3.74. The summed E-state index contributed by atoms with van der Waals surface area (Å²) in [5.41, 5.74) is 2.89. The maximum atomic E-state index is 14.5. The number of likely N-dealkylation sites (tertiary alicyclic amines) is 1. The second-order valence-corrected chi connectivity index (χ2v) is 20.4. The lowest BCUT2D eigenvalue weighted by atomic mass is 9.89. The van der Waals surface area contributed by atoms with E-state index >= 15 is 0 Å². The summed E-state index contributed by atoms with van der Waals surface area (Å²) in [5.74, 6) is -1.88. The zero-order valence-electron chi connectivity index (χ0n) is 42.9. The minimum atomic E-state index is -0.775. The first-order valence-electron chi connectivity index (χ1n) is 24.1. The SMILES string of the molecule is CC[C@H](C)[C@@H]([C@@H](CC(=O)N1CCC[C@H]1[C@H](OC)[C@@H](C)C(=O)NC(CC(=O)NCc1ccc(NC(C)(C)C)cc1)Cc1ccccc1)OC)N(C)C(=O)[C@@H](NC(=O)[C@H](C(C)C)N(C)C)C(C)C. The van der Waals surface area contributed by atoms with Crippen molar-refractivity contribution in [3.05, 3.63) is 65.7 Å². The summed E-state index contributed by atoms with van der Waals surface area (Å²) in [6, 6.07) is 15.2. The summed E-state index contributed by atoms with van der Waals surface area (Å²) in [7, 11) is 8.59. The van der Waals surface area contributed by atoms with Crippen molar-refractivity contribution >= 4 is 35.2 Å². The van der Waals surface area contributed by atoms with E-state index in [1.165, 1.54) is 0 Å². The molecule has 66 heavy (non-hydrogen) atoms. The molecule has 1 unspecified atom stereocenters. The summed E-state index contributed by atoms with van der Waals surface area (Å²) >= 11 is 0. The third-order valence-electron chi connectivity index (χ3n) is 13.0. The second kappa shape index (κ2) is 26.1. The lowest BCUT2D eigenvalue weighted by Gasteiger charge is -2.41. The lowest BCUT2D eigenvalue weighted by Crippen LogP contribution is -2.59. The average molecular weight is 920 g/mol. The van der Waals surface area contributed by atoms with Crippen LogP contribution in [0, 0.1) is 23.7 Å². The van der Waals surface area contributed by atoms with Crippen molar-refractivity contribution in [3.8, 4) is 0 Å². The van der Waals surface area contributed by atoms with Gasteiger partial charge in [0, 0.05) is 58.0 Å². The van der Waals surface area contributed by atoms with E-state index in [9.17, 15) is 24.0 Å². The van der Waals surface area contributed by atoms with E-state index in [-0.39, 0.29) is 71.7 Å². The van der Waals surface area contributed by atoms with Gasteiger partial charge in [-0.15, -0.1) is 0 Å². The molecule has 2 aromatic carbocycles. The fourth-order valence-corrected chi connectivity index (χ4v) is 9.45. The molecule has 2 aromatic rings. The number of ether oxygens (including phenoxy) is 2. The molecule has 1 saturated heterocycles. The quantitative estimate of drug-likeness (QED) is 0.0900. The molecule has 5 amide bonds. The number of rotatable bonds is 25. The van der Waals surface area contributed by atoms with Gasteiger partial charge in [-0.3, -0.25) is 28.9 Å². The standard InChI is InChI=1S/C52H85N7O7/c1-16-35(6)47(58(13)51(64)45(33(2)3)55-50(63)46(34(4)5)57(11)12)42(65-14)31-44(61)59-28-20-23-41(59)48(66-15)36(7)49(62)54-40(29-37-21-18-17-19-22-37)30-43(60)53-32-38-24-26-39(27-25-38)56-52(8,9)10/h17-19,21-22,24-27,33-36,40-42,45-48,56H,16,20,23,28-32H2,1-15H3,(H,53,60)(H,54,62)(H,55,63)/t35-,36+,40?,41-,42+,45-,46-,47-,48+/m0/s1. The summed E-state index contributed by atoms with van der Waals surface area (Å²) in [4.78, 5) is 75.3. The van der Waals surface area contributed by atoms with Crippen molar-refractivity contribution in [3.63, 3.8) is 0 Å². The predicted octanol–water partition coefficient (Wildman–Crippen LogP) is 6.28. The van der Waals surface area contributed by atoms with Crippen molar-refractivity contribution in [2.24, 2.45) is 23.7 Å². The molecule has 3 rings (SSSR count). The molecule has 1 aliphatic rings. The van der Waals surface area contributed by atoms with E-state index in [0.717, 1.165) is 29.7 Å². The van der Waals surface area contributed by atoms with Crippen molar-refractivity contribution in [2.75, 3.05) is 47.2 Å². The fourth-order valence-electron chi connectivity index (χ4n) is 9.45. The van der Waals surface area contributed by atoms with Gasteiger partial charge in [0.25, 0.3) is 0 Å².